The molecule has 0 saturated carbocycles. The van der Waals surface area contributed by atoms with E-state index >= 15 is 0 Å². The van der Waals surface area contributed by atoms with Crippen LogP contribution in [0.25, 0.3) is 0 Å². The third-order valence-corrected chi connectivity index (χ3v) is 3.60. The average Bonchev–Trinajstić information content (AvgIpc) is 2.45. The molecule has 0 bridgehead atoms. The van der Waals surface area contributed by atoms with Crippen LogP contribution in [0.1, 0.15) is 11.6 Å². The highest BCUT2D eigenvalue weighted by molar-refractivity contribution is 7.99. The molecule has 2 rings (SSSR count). The standard InChI is InChI=1S/C13H15N3O2S/c1-18-10-4-2-9(3-5-10)11(14)8-19-13-15-7-6-12(17)16-13/h2-7,11H,8,14H2,1H3,(H,15,16,17). The molecular weight excluding hydrogens is 262 g/mol. The van der Waals surface area contributed by atoms with Gasteiger partial charge in [0, 0.05) is 24.1 Å². The van der Waals surface area contributed by atoms with E-state index in [0.717, 1.165) is 11.3 Å². The largest absolute Gasteiger partial charge is 0.497 e. The van der Waals surface area contributed by atoms with Gasteiger partial charge in [0.25, 0.3) is 5.56 Å². The quantitative estimate of drug-likeness (QED) is 0.640. The van der Waals surface area contributed by atoms with Gasteiger partial charge in [-0.1, -0.05) is 23.9 Å². The zero-order chi connectivity index (χ0) is 13.7. The predicted octanol–water partition coefficient (Wildman–Crippen LogP) is 1.57. The lowest BCUT2D eigenvalue weighted by molar-refractivity contribution is 0.414. The highest BCUT2D eigenvalue weighted by Crippen LogP contribution is 2.21. The molecule has 5 nitrogen and oxygen atoms in total. The molecule has 3 N–H and O–H groups in total. The highest BCUT2D eigenvalue weighted by atomic mass is 32.2. The lowest BCUT2D eigenvalue weighted by Gasteiger charge is -2.11. The zero-order valence-corrected chi connectivity index (χ0v) is 11.3. The molecule has 1 heterocycles. The summed E-state index contributed by atoms with van der Waals surface area (Å²) in [4.78, 5) is 17.8. The van der Waals surface area contributed by atoms with Crippen molar-refractivity contribution in [1.82, 2.24) is 9.97 Å². The first-order valence-electron chi connectivity index (χ1n) is 5.76. The fourth-order valence-electron chi connectivity index (χ4n) is 1.54. The van der Waals surface area contributed by atoms with Crippen molar-refractivity contribution in [2.24, 2.45) is 5.73 Å². The normalized spacial score (nSPS) is 12.1. The van der Waals surface area contributed by atoms with Crippen molar-refractivity contribution < 1.29 is 4.74 Å². The molecule has 0 fully saturated rings. The third-order valence-electron chi connectivity index (χ3n) is 2.59. The van der Waals surface area contributed by atoms with Crippen molar-refractivity contribution in [3.05, 3.63) is 52.4 Å². The van der Waals surface area contributed by atoms with E-state index in [9.17, 15) is 4.79 Å². The van der Waals surface area contributed by atoms with Gasteiger partial charge in [-0.05, 0) is 17.7 Å². The second-order valence-electron chi connectivity index (χ2n) is 3.93. The molecule has 1 aromatic carbocycles. The number of methoxy groups -OCH3 is 1. The van der Waals surface area contributed by atoms with Gasteiger partial charge in [0.15, 0.2) is 5.16 Å². The summed E-state index contributed by atoms with van der Waals surface area (Å²) in [6.07, 6.45) is 1.49. The number of ether oxygens (including phenoxy) is 1. The summed E-state index contributed by atoms with van der Waals surface area (Å²) in [5.74, 6) is 1.44. The molecule has 0 amide bonds. The van der Waals surface area contributed by atoms with Crippen LogP contribution < -0.4 is 16.0 Å². The van der Waals surface area contributed by atoms with Gasteiger partial charge in [0.1, 0.15) is 5.75 Å². The van der Waals surface area contributed by atoms with Crippen molar-refractivity contribution in [3.63, 3.8) is 0 Å². The monoisotopic (exact) mass is 277 g/mol. The molecule has 0 saturated heterocycles. The van der Waals surface area contributed by atoms with Gasteiger partial charge in [-0.15, -0.1) is 0 Å². The Labute approximate surface area is 115 Å². The number of aromatic amines is 1. The van der Waals surface area contributed by atoms with Gasteiger partial charge < -0.3 is 15.5 Å². The molecule has 0 radical (unpaired) electrons. The Morgan fingerprint density at radius 2 is 2.11 bits per heavy atom. The van der Waals surface area contributed by atoms with E-state index in [1.807, 2.05) is 24.3 Å². The van der Waals surface area contributed by atoms with Gasteiger partial charge in [0.2, 0.25) is 0 Å². The highest BCUT2D eigenvalue weighted by Gasteiger charge is 2.07. The lowest BCUT2D eigenvalue weighted by Crippen LogP contribution is -2.14. The van der Waals surface area contributed by atoms with Crippen molar-refractivity contribution >= 4 is 11.8 Å². The van der Waals surface area contributed by atoms with Crippen molar-refractivity contribution in [2.45, 2.75) is 11.2 Å². The summed E-state index contributed by atoms with van der Waals surface area (Å²) in [5.41, 5.74) is 6.95. The van der Waals surface area contributed by atoms with Crippen LogP contribution in [0, 0.1) is 0 Å². The molecule has 1 aromatic heterocycles. The van der Waals surface area contributed by atoms with Crippen LogP contribution in [-0.2, 0) is 0 Å². The zero-order valence-electron chi connectivity index (χ0n) is 10.5. The van der Waals surface area contributed by atoms with Gasteiger partial charge in [-0.3, -0.25) is 4.79 Å². The number of H-pyrrole nitrogens is 1. The minimum atomic E-state index is -0.157. The first-order valence-corrected chi connectivity index (χ1v) is 6.75. The Balaban J connectivity index is 1.96. The van der Waals surface area contributed by atoms with Gasteiger partial charge in [-0.25, -0.2) is 4.98 Å². The Hall–Kier alpha value is -1.79. The van der Waals surface area contributed by atoms with Crippen LogP contribution in [0.2, 0.25) is 0 Å². The summed E-state index contributed by atoms with van der Waals surface area (Å²) in [6.45, 7) is 0. The van der Waals surface area contributed by atoms with E-state index in [-0.39, 0.29) is 11.6 Å². The molecule has 6 heteroatoms. The molecule has 1 atom stereocenters. The third kappa shape index (κ3) is 3.84. The van der Waals surface area contributed by atoms with Crippen LogP contribution in [0.4, 0.5) is 0 Å². The number of hydrogen-bond donors (Lipinski definition) is 2. The summed E-state index contributed by atoms with van der Waals surface area (Å²) in [5, 5.41) is 0.580. The number of nitrogens with two attached hydrogens (primary N) is 1. The van der Waals surface area contributed by atoms with Crippen LogP contribution in [0.5, 0.6) is 5.75 Å². The van der Waals surface area contributed by atoms with Gasteiger partial charge in [0.05, 0.1) is 7.11 Å². The number of benzene rings is 1. The van der Waals surface area contributed by atoms with Crippen LogP contribution in [0.15, 0.2) is 46.5 Å². The van der Waals surface area contributed by atoms with Gasteiger partial charge >= 0.3 is 0 Å². The van der Waals surface area contributed by atoms with Crippen LogP contribution in [-0.4, -0.2) is 22.8 Å². The number of thioether (sulfide) groups is 1. The van der Waals surface area contributed by atoms with E-state index in [1.165, 1.54) is 24.0 Å². The topological polar surface area (TPSA) is 81.0 Å². The maximum atomic E-state index is 11.1. The average molecular weight is 277 g/mol. The maximum Gasteiger partial charge on any atom is 0.251 e. The van der Waals surface area contributed by atoms with E-state index in [1.54, 1.807) is 7.11 Å². The fourth-order valence-corrected chi connectivity index (χ4v) is 2.38. The Morgan fingerprint density at radius 1 is 1.37 bits per heavy atom. The second-order valence-corrected chi connectivity index (χ2v) is 4.94. The molecule has 0 aliphatic heterocycles. The molecule has 100 valence electrons. The summed E-state index contributed by atoms with van der Waals surface area (Å²) < 4.78 is 5.10. The lowest BCUT2D eigenvalue weighted by atomic mass is 10.1. The summed E-state index contributed by atoms with van der Waals surface area (Å²) in [7, 11) is 1.63. The molecule has 1 unspecified atom stereocenters. The van der Waals surface area contributed by atoms with E-state index in [4.69, 9.17) is 10.5 Å². The number of rotatable bonds is 5. The fraction of sp³-hybridized carbons (Fsp3) is 0.231. The molecule has 0 aliphatic rings. The number of nitrogens with zero attached hydrogens (tertiary/aromatic N) is 1. The van der Waals surface area contributed by atoms with Crippen molar-refractivity contribution in [3.8, 4) is 5.75 Å². The smallest absolute Gasteiger partial charge is 0.251 e. The SMILES string of the molecule is COc1ccc(C(N)CSc2nccc(=O)[nH]2)cc1. The first-order chi connectivity index (χ1) is 9.19. The van der Waals surface area contributed by atoms with E-state index < -0.39 is 0 Å². The van der Waals surface area contributed by atoms with Crippen molar-refractivity contribution in [1.29, 1.82) is 0 Å². The van der Waals surface area contributed by atoms with Crippen LogP contribution >= 0.6 is 11.8 Å². The number of hydrogen-bond acceptors (Lipinski definition) is 5. The minimum absolute atomic E-state index is 0.124. The predicted molar refractivity (Wildman–Crippen MR) is 75.5 cm³/mol. The molecule has 0 aliphatic carbocycles. The summed E-state index contributed by atoms with van der Waals surface area (Å²) >= 11 is 1.42. The number of aromatic nitrogens is 2. The Kier molecular flexibility index (Phi) is 4.59. The molecule has 2 aromatic rings. The van der Waals surface area contributed by atoms with Gasteiger partial charge in [-0.2, -0.15) is 0 Å². The van der Waals surface area contributed by atoms with E-state index in [0.29, 0.717) is 10.9 Å². The molecular formula is C13H15N3O2S. The summed E-state index contributed by atoms with van der Waals surface area (Å²) in [6, 6.07) is 8.89. The Bertz CT molecular complexity index is 583. The molecule has 19 heavy (non-hydrogen) atoms. The maximum absolute atomic E-state index is 11.1. The minimum Gasteiger partial charge on any atom is -0.497 e. The van der Waals surface area contributed by atoms with E-state index in [2.05, 4.69) is 9.97 Å². The van der Waals surface area contributed by atoms with Crippen molar-refractivity contribution in [2.75, 3.05) is 12.9 Å². The number of nitrogens with one attached hydrogen (secondary N) is 1. The van der Waals surface area contributed by atoms with Crippen LogP contribution in [0.3, 0.4) is 0 Å². The Morgan fingerprint density at radius 3 is 2.74 bits per heavy atom. The first kappa shape index (κ1) is 13.6. The second kappa shape index (κ2) is 6.40. The molecule has 0 spiro atoms.